The Labute approximate surface area is 113 Å². The Morgan fingerprint density at radius 2 is 1.95 bits per heavy atom. The number of nitrogens with one attached hydrogen (secondary N) is 1. The third-order valence-corrected chi connectivity index (χ3v) is 2.89. The minimum absolute atomic E-state index is 0.0481. The molecule has 0 spiro atoms. The molecule has 0 aliphatic rings. The van der Waals surface area contributed by atoms with Crippen molar-refractivity contribution >= 4 is 11.9 Å². The van der Waals surface area contributed by atoms with E-state index in [1.54, 1.807) is 12.1 Å². The highest BCUT2D eigenvalue weighted by Crippen LogP contribution is 2.12. The quantitative estimate of drug-likeness (QED) is 0.775. The molecule has 1 amide bonds. The topological polar surface area (TPSA) is 66.4 Å². The van der Waals surface area contributed by atoms with E-state index in [1.165, 1.54) is 6.07 Å². The zero-order chi connectivity index (χ0) is 14.4. The Bertz CT molecular complexity index is 466. The van der Waals surface area contributed by atoms with Gasteiger partial charge < -0.3 is 10.4 Å². The van der Waals surface area contributed by atoms with Gasteiger partial charge in [0.1, 0.15) is 0 Å². The fourth-order valence-electron chi connectivity index (χ4n) is 1.84. The van der Waals surface area contributed by atoms with Gasteiger partial charge in [-0.25, -0.2) is 4.79 Å². The Hall–Kier alpha value is -1.84. The van der Waals surface area contributed by atoms with Crippen LogP contribution in [0.15, 0.2) is 18.2 Å². The largest absolute Gasteiger partial charge is 0.478 e. The van der Waals surface area contributed by atoms with Crippen LogP contribution in [0.4, 0.5) is 0 Å². The summed E-state index contributed by atoms with van der Waals surface area (Å²) in [6, 6.07) is 4.78. The van der Waals surface area contributed by atoms with Crippen molar-refractivity contribution in [3.63, 3.8) is 0 Å². The summed E-state index contributed by atoms with van der Waals surface area (Å²) in [6.45, 7) is 6.67. The lowest BCUT2D eigenvalue weighted by molar-refractivity contribution is 0.0691. The maximum Gasteiger partial charge on any atom is 0.336 e. The number of benzene rings is 1. The number of carbonyl (C=O) groups excluding carboxylic acids is 1. The molecule has 4 heteroatoms. The zero-order valence-electron chi connectivity index (χ0n) is 11.7. The van der Waals surface area contributed by atoms with Gasteiger partial charge in [0.05, 0.1) is 11.1 Å². The molecule has 0 unspecified atom stereocenters. The molecule has 0 aliphatic carbocycles. The zero-order valence-corrected chi connectivity index (χ0v) is 11.7. The van der Waals surface area contributed by atoms with Crippen molar-refractivity contribution < 1.29 is 14.7 Å². The highest BCUT2D eigenvalue weighted by molar-refractivity contribution is 6.04. The standard InChI is InChI=1S/C15H21NO3/c1-10(2)5-4-8-16-14(17)13-9-11(3)6-7-12(13)15(18)19/h6-7,9-10H,4-5,8H2,1-3H3,(H,16,17)(H,18,19). The van der Waals surface area contributed by atoms with E-state index in [4.69, 9.17) is 5.11 Å². The molecule has 1 rings (SSSR count). The van der Waals surface area contributed by atoms with E-state index in [-0.39, 0.29) is 17.0 Å². The van der Waals surface area contributed by atoms with Gasteiger partial charge in [0.15, 0.2) is 0 Å². The number of rotatable bonds is 6. The number of aryl methyl sites for hydroxylation is 1. The Morgan fingerprint density at radius 3 is 2.53 bits per heavy atom. The van der Waals surface area contributed by atoms with Crippen LogP contribution in [0, 0.1) is 12.8 Å². The van der Waals surface area contributed by atoms with Gasteiger partial charge in [-0.3, -0.25) is 4.79 Å². The molecule has 1 aromatic rings. The van der Waals surface area contributed by atoms with Crippen molar-refractivity contribution in [3.8, 4) is 0 Å². The van der Waals surface area contributed by atoms with Gasteiger partial charge in [-0.1, -0.05) is 25.5 Å². The lowest BCUT2D eigenvalue weighted by Gasteiger charge is -2.09. The molecule has 0 saturated heterocycles. The number of carbonyl (C=O) groups is 2. The van der Waals surface area contributed by atoms with Crippen LogP contribution in [-0.4, -0.2) is 23.5 Å². The van der Waals surface area contributed by atoms with Crippen LogP contribution in [0.25, 0.3) is 0 Å². The maximum atomic E-state index is 12.0. The number of carboxylic acid groups (broad SMARTS) is 1. The maximum absolute atomic E-state index is 12.0. The normalized spacial score (nSPS) is 10.5. The van der Waals surface area contributed by atoms with Gasteiger partial charge in [-0.2, -0.15) is 0 Å². The van der Waals surface area contributed by atoms with Crippen LogP contribution in [0.5, 0.6) is 0 Å². The fourth-order valence-corrected chi connectivity index (χ4v) is 1.84. The molecule has 0 heterocycles. The number of hydrogen-bond acceptors (Lipinski definition) is 2. The Kier molecular flexibility index (Phi) is 5.55. The summed E-state index contributed by atoms with van der Waals surface area (Å²) >= 11 is 0. The van der Waals surface area contributed by atoms with Crippen molar-refractivity contribution in [2.75, 3.05) is 6.54 Å². The first kappa shape index (κ1) is 15.2. The third-order valence-electron chi connectivity index (χ3n) is 2.89. The van der Waals surface area contributed by atoms with Gasteiger partial charge in [-0.15, -0.1) is 0 Å². The first-order valence-electron chi connectivity index (χ1n) is 6.54. The van der Waals surface area contributed by atoms with Crippen LogP contribution >= 0.6 is 0 Å². The Morgan fingerprint density at radius 1 is 1.26 bits per heavy atom. The van der Waals surface area contributed by atoms with Gasteiger partial charge in [0.2, 0.25) is 0 Å². The average Bonchev–Trinajstić information content (AvgIpc) is 2.33. The van der Waals surface area contributed by atoms with E-state index < -0.39 is 5.97 Å². The minimum atomic E-state index is -1.08. The molecular formula is C15H21NO3. The number of amides is 1. The third kappa shape index (κ3) is 4.73. The van der Waals surface area contributed by atoms with Gasteiger partial charge >= 0.3 is 5.97 Å². The van der Waals surface area contributed by atoms with Crippen LogP contribution in [0.2, 0.25) is 0 Å². The molecule has 0 aromatic heterocycles. The number of hydrogen-bond donors (Lipinski definition) is 2. The van der Waals surface area contributed by atoms with Crippen molar-refractivity contribution in [3.05, 3.63) is 34.9 Å². The first-order chi connectivity index (χ1) is 8.91. The summed E-state index contributed by atoms with van der Waals surface area (Å²) in [5.41, 5.74) is 1.15. The first-order valence-corrected chi connectivity index (χ1v) is 6.54. The van der Waals surface area contributed by atoms with E-state index in [1.807, 2.05) is 6.92 Å². The summed E-state index contributed by atoms with van der Waals surface area (Å²) in [5, 5.41) is 11.8. The monoisotopic (exact) mass is 263 g/mol. The Balaban J connectivity index is 2.70. The van der Waals surface area contributed by atoms with Crippen LogP contribution in [0.3, 0.4) is 0 Å². The smallest absolute Gasteiger partial charge is 0.336 e. The van der Waals surface area contributed by atoms with Crippen LogP contribution in [-0.2, 0) is 0 Å². The summed E-state index contributed by atoms with van der Waals surface area (Å²) < 4.78 is 0. The molecule has 0 radical (unpaired) electrons. The summed E-state index contributed by atoms with van der Waals surface area (Å²) in [4.78, 5) is 23.1. The van der Waals surface area contributed by atoms with Crippen molar-refractivity contribution in [1.82, 2.24) is 5.32 Å². The second-order valence-electron chi connectivity index (χ2n) is 5.15. The van der Waals surface area contributed by atoms with Crippen LogP contribution < -0.4 is 5.32 Å². The summed E-state index contributed by atoms with van der Waals surface area (Å²) in [6.07, 6.45) is 1.94. The molecule has 0 atom stereocenters. The van der Waals surface area contributed by atoms with Crippen molar-refractivity contribution in [2.45, 2.75) is 33.6 Å². The fraction of sp³-hybridized carbons (Fsp3) is 0.467. The lowest BCUT2D eigenvalue weighted by Crippen LogP contribution is -2.26. The van der Waals surface area contributed by atoms with Crippen LogP contribution in [0.1, 0.15) is 53.0 Å². The molecule has 0 bridgehead atoms. The average molecular weight is 263 g/mol. The number of aromatic carboxylic acids is 1. The van der Waals surface area contributed by atoms with Gasteiger partial charge in [-0.05, 0) is 37.8 Å². The van der Waals surface area contributed by atoms with E-state index in [0.717, 1.165) is 18.4 Å². The second kappa shape index (κ2) is 6.92. The predicted molar refractivity (Wildman–Crippen MR) is 74.5 cm³/mol. The van der Waals surface area contributed by atoms with Gasteiger partial charge in [0.25, 0.3) is 5.91 Å². The van der Waals surface area contributed by atoms with E-state index >= 15 is 0 Å². The SMILES string of the molecule is Cc1ccc(C(=O)O)c(C(=O)NCCCC(C)C)c1. The van der Waals surface area contributed by atoms with E-state index in [2.05, 4.69) is 19.2 Å². The van der Waals surface area contributed by atoms with Gasteiger partial charge in [0, 0.05) is 6.54 Å². The predicted octanol–water partition coefficient (Wildman–Crippen LogP) is 2.86. The van der Waals surface area contributed by atoms with E-state index in [0.29, 0.717) is 12.5 Å². The molecule has 4 nitrogen and oxygen atoms in total. The van der Waals surface area contributed by atoms with Crippen molar-refractivity contribution in [1.29, 1.82) is 0 Å². The lowest BCUT2D eigenvalue weighted by atomic mass is 10.0. The van der Waals surface area contributed by atoms with Crippen molar-refractivity contribution in [2.24, 2.45) is 5.92 Å². The molecule has 2 N–H and O–H groups in total. The minimum Gasteiger partial charge on any atom is -0.478 e. The highest BCUT2D eigenvalue weighted by atomic mass is 16.4. The molecule has 19 heavy (non-hydrogen) atoms. The highest BCUT2D eigenvalue weighted by Gasteiger charge is 2.16. The summed E-state index contributed by atoms with van der Waals surface area (Å²) in [5.74, 6) is -0.789. The molecule has 104 valence electrons. The molecule has 0 saturated carbocycles. The number of carboxylic acids is 1. The second-order valence-corrected chi connectivity index (χ2v) is 5.15. The summed E-state index contributed by atoms with van der Waals surface area (Å²) in [7, 11) is 0. The molecule has 0 aliphatic heterocycles. The molecule has 0 fully saturated rings. The molecule has 1 aromatic carbocycles. The molecular weight excluding hydrogens is 242 g/mol. The van der Waals surface area contributed by atoms with E-state index in [9.17, 15) is 9.59 Å².